The lowest BCUT2D eigenvalue weighted by molar-refractivity contribution is 0.102. The molecular weight excluding hydrogens is 356 g/mol. The Labute approximate surface area is 173 Å². The second kappa shape index (κ2) is 9.06. The fourth-order valence-electron chi connectivity index (χ4n) is 3.82. The molecule has 1 aliphatic heterocycles. The maximum Gasteiger partial charge on any atom is 0.255 e. The zero-order chi connectivity index (χ0) is 20.1. The number of benzene rings is 3. The maximum atomic E-state index is 12.6. The highest BCUT2D eigenvalue weighted by Crippen LogP contribution is 2.21. The fraction of sp³-hybridized carbons (Fsp3) is 0.269. The van der Waals surface area contributed by atoms with Gasteiger partial charge >= 0.3 is 0 Å². The summed E-state index contributed by atoms with van der Waals surface area (Å²) in [7, 11) is 0. The molecule has 0 unspecified atom stereocenters. The first kappa shape index (κ1) is 19.4. The van der Waals surface area contributed by atoms with Crippen LogP contribution in [0.4, 0.5) is 5.69 Å². The summed E-state index contributed by atoms with van der Waals surface area (Å²) in [5, 5.41) is 3.00. The highest BCUT2D eigenvalue weighted by atomic mass is 16.1. The number of amides is 1. The summed E-state index contributed by atoms with van der Waals surface area (Å²) in [6, 6.07) is 26.2. The number of carbonyl (C=O) groups is 1. The highest BCUT2D eigenvalue weighted by molar-refractivity contribution is 6.04. The molecule has 0 bridgehead atoms. The molecule has 1 aliphatic rings. The van der Waals surface area contributed by atoms with Crippen molar-refractivity contribution in [3.63, 3.8) is 0 Å². The Morgan fingerprint density at radius 2 is 1.48 bits per heavy atom. The van der Waals surface area contributed by atoms with E-state index in [1.165, 1.54) is 31.5 Å². The second-order valence-corrected chi connectivity index (χ2v) is 8.05. The van der Waals surface area contributed by atoms with Crippen LogP contribution in [0, 0.1) is 5.92 Å². The van der Waals surface area contributed by atoms with Crippen molar-refractivity contribution in [3.8, 4) is 11.1 Å². The molecule has 3 aromatic carbocycles. The summed E-state index contributed by atoms with van der Waals surface area (Å²) in [6.45, 7) is 5.68. The quantitative estimate of drug-likeness (QED) is 0.599. The van der Waals surface area contributed by atoms with E-state index in [0.717, 1.165) is 29.3 Å². The smallest absolute Gasteiger partial charge is 0.255 e. The third-order valence-electron chi connectivity index (χ3n) is 5.75. The van der Waals surface area contributed by atoms with Gasteiger partial charge < -0.3 is 5.32 Å². The van der Waals surface area contributed by atoms with E-state index in [-0.39, 0.29) is 5.91 Å². The van der Waals surface area contributed by atoms with Gasteiger partial charge in [0.2, 0.25) is 0 Å². The molecule has 3 nitrogen and oxygen atoms in total. The second-order valence-electron chi connectivity index (χ2n) is 8.05. The summed E-state index contributed by atoms with van der Waals surface area (Å²) in [5.41, 5.74) is 5.05. The summed E-state index contributed by atoms with van der Waals surface area (Å²) in [4.78, 5) is 15.1. The van der Waals surface area contributed by atoms with Crippen LogP contribution in [0.3, 0.4) is 0 Å². The van der Waals surface area contributed by atoms with Crippen LogP contribution in [0.25, 0.3) is 11.1 Å². The van der Waals surface area contributed by atoms with Crippen LogP contribution < -0.4 is 5.32 Å². The predicted molar refractivity (Wildman–Crippen MR) is 120 cm³/mol. The molecular formula is C26H28N2O. The molecule has 1 saturated heterocycles. The zero-order valence-corrected chi connectivity index (χ0v) is 17.0. The highest BCUT2D eigenvalue weighted by Gasteiger charge is 2.15. The first-order chi connectivity index (χ1) is 14.2. The number of hydrogen-bond donors (Lipinski definition) is 1. The molecule has 1 amide bonds. The van der Waals surface area contributed by atoms with Crippen LogP contribution in [0.2, 0.25) is 0 Å². The van der Waals surface area contributed by atoms with Gasteiger partial charge in [-0.15, -0.1) is 0 Å². The third kappa shape index (κ3) is 5.12. The van der Waals surface area contributed by atoms with Gasteiger partial charge in [0.1, 0.15) is 0 Å². The van der Waals surface area contributed by atoms with E-state index in [1.54, 1.807) is 0 Å². The molecule has 3 aromatic rings. The monoisotopic (exact) mass is 384 g/mol. The zero-order valence-electron chi connectivity index (χ0n) is 17.0. The van der Waals surface area contributed by atoms with Gasteiger partial charge in [-0.2, -0.15) is 0 Å². The summed E-state index contributed by atoms with van der Waals surface area (Å²) in [6.07, 6.45) is 2.58. The third-order valence-corrected chi connectivity index (χ3v) is 5.75. The Hall–Kier alpha value is -2.91. The number of likely N-dealkylation sites (tertiary alicyclic amines) is 1. The molecule has 1 N–H and O–H groups in total. The molecule has 0 radical (unpaired) electrons. The minimum absolute atomic E-state index is 0.0811. The molecule has 1 heterocycles. The van der Waals surface area contributed by atoms with Gasteiger partial charge in [0.25, 0.3) is 5.91 Å². The Balaban J connectivity index is 1.34. The van der Waals surface area contributed by atoms with E-state index in [2.05, 4.69) is 41.4 Å². The molecule has 0 aromatic heterocycles. The van der Waals surface area contributed by atoms with Gasteiger partial charge in [0.05, 0.1) is 0 Å². The number of nitrogens with zero attached hydrogens (tertiary/aromatic N) is 1. The normalized spacial score (nSPS) is 15.2. The summed E-state index contributed by atoms with van der Waals surface area (Å²) in [5.74, 6) is 0.771. The summed E-state index contributed by atoms with van der Waals surface area (Å²) >= 11 is 0. The van der Waals surface area contributed by atoms with E-state index in [9.17, 15) is 4.79 Å². The molecule has 1 fully saturated rings. The van der Waals surface area contributed by atoms with Gasteiger partial charge in [-0.1, -0.05) is 61.5 Å². The number of nitrogens with one attached hydrogen (secondary N) is 1. The predicted octanol–water partition coefficient (Wildman–Crippen LogP) is 5.84. The number of anilines is 1. The van der Waals surface area contributed by atoms with Gasteiger partial charge in [0, 0.05) is 17.8 Å². The Morgan fingerprint density at radius 1 is 0.862 bits per heavy atom. The molecule has 0 atom stereocenters. The molecule has 0 aliphatic carbocycles. The van der Waals surface area contributed by atoms with Gasteiger partial charge in [-0.3, -0.25) is 9.69 Å². The van der Waals surface area contributed by atoms with Crippen LogP contribution in [0.15, 0.2) is 78.9 Å². The first-order valence-corrected chi connectivity index (χ1v) is 10.5. The summed E-state index contributed by atoms with van der Waals surface area (Å²) < 4.78 is 0. The van der Waals surface area contributed by atoms with Gasteiger partial charge in [-0.25, -0.2) is 0 Å². The number of rotatable bonds is 5. The molecule has 0 spiro atoms. The standard InChI is InChI=1S/C26H28N2O/c1-20-15-17-28(18-16-20)19-21-7-13-25(14-8-21)27-26(29)24-11-9-23(10-12-24)22-5-3-2-4-6-22/h2-14,20H,15-19H2,1H3,(H,27,29). The van der Waals surface area contributed by atoms with Crippen LogP contribution in [0.1, 0.15) is 35.7 Å². The minimum atomic E-state index is -0.0811. The molecule has 4 rings (SSSR count). The van der Waals surface area contributed by atoms with E-state index in [0.29, 0.717) is 5.56 Å². The van der Waals surface area contributed by atoms with Crippen molar-refractivity contribution in [2.75, 3.05) is 18.4 Å². The number of piperidine rings is 1. The minimum Gasteiger partial charge on any atom is -0.322 e. The Morgan fingerprint density at radius 3 is 2.14 bits per heavy atom. The Bertz CT molecular complexity index is 925. The SMILES string of the molecule is CC1CCN(Cc2ccc(NC(=O)c3ccc(-c4ccccc4)cc3)cc2)CC1. The van der Waals surface area contributed by atoms with Gasteiger partial charge in [0.15, 0.2) is 0 Å². The van der Waals surface area contributed by atoms with E-state index in [4.69, 9.17) is 0 Å². The van der Waals surface area contributed by atoms with Gasteiger partial charge in [-0.05, 0) is 72.8 Å². The van der Waals surface area contributed by atoms with Crippen molar-refractivity contribution >= 4 is 11.6 Å². The van der Waals surface area contributed by atoms with Crippen molar-refractivity contribution in [1.82, 2.24) is 4.90 Å². The Kier molecular flexibility index (Phi) is 6.06. The molecule has 0 saturated carbocycles. The number of carbonyl (C=O) groups excluding carboxylic acids is 1. The maximum absolute atomic E-state index is 12.6. The molecule has 29 heavy (non-hydrogen) atoms. The number of hydrogen-bond acceptors (Lipinski definition) is 2. The van der Waals surface area contributed by atoms with Crippen molar-refractivity contribution in [2.45, 2.75) is 26.3 Å². The van der Waals surface area contributed by atoms with Crippen molar-refractivity contribution < 1.29 is 4.79 Å². The lowest BCUT2D eigenvalue weighted by Crippen LogP contribution is -2.32. The fourth-order valence-corrected chi connectivity index (χ4v) is 3.82. The molecule has 148 valence electrons. The average Bonchev–Trinajstić information content (AvgIpc) is 2.77. The molecule has 3 heteroatoms. The van der Waals surface area contributed by atoms with Crippen LogP contribution in [-0.2, 0) is 6.54 Å². The topological polar surface area (TPSA) is 32.3 Å². The van der Waals surface area contributed by atoms with Crippen LogP contribution >= 0.6 is 0 Å². The largest absolute Gasteiger partial charge is 0.322 e. The van der Waals surface area contributed by atoms with Crippen molar-refractivity contribution in [2.24, 2.45) is 5.92 Å². The van der Waals surface area contributed by atoms with E-state index in [1.807, 2.05) is 54.6 Å². The van der Waals surface area contributed by atoms with E-state index < -0.39 is 0 Å². The lowest BCUT2D eigenvalue weighted by Gasteiger charge is -2.30. The average molecular weight is 385 g/mol. The van der Waals surface area contributed by atoms with Crippen molar-refractivity contribution in [1.29, 1.82) is 0 Å². The van der Waals surface area contributed by atoms with E-state index >= 15 is 0 Å². The lowest BCUT2D eigenvalue weighted by atomic mass is 9.99. The first-order valence-electron chi connectivity index (χ1n) is 10.5. The van der Waals surface area contributed by atoms with Crippen molar-refractivity contribution in [3.05, 3.63) is 90.0 Å². The van der Waals surface area contributed by atoms with Crippen LogP contribution in [-0.4, -0.2) is 23.9 Å². The van der Waals surface area contributed by atoms with Crippen LogP contribution in [0.5, 0.6) is 0 Å².